The molecule has 1 aromatic carbocycles. The van der Waals surface area contributed by atoms with E-state index in [0.29, 0.717) is 12.2 Å². The van der Waals surface area contributed by atoms with Crippen molar-refractivity contribution in [3.8, 4) is 0 Å². The van der Waals surface area contributed by atoms with Crippen LogP contribution in [0, 0.1) is 18.8 Å². The first-order valence-corrected chi connectivity index (χ1v) is 8.55. The Labute approximate surface area is 128 Å². The lowest BCUT2D eigenvalue weighted by Crippen LogP contribution is -2.42. The highest BCUT2D eigenvalue weighted by atomic mass is 16.1. The minimum Gasteiger partial charge on any atom is -0.303 e. The molecule has 0 bridgehead atoms. The van der Waals surface area contributed by atoms with Crippen molar-refractivity contribution in [3.05, 3.63) is 35.4 Å². The molecule has 0 spiro atoms. The highest BCUT2D eigenvalue weighted by Gasteiger charge is 2.30. The quantitative estimate of drug-likeness (QED) is 0.777. The molecule has 1 aliphatic carbocycles. The molecule has 3 rings (SSSR count). The van der Waals surface area contributed by atoms with Gasteiger partial charge in [0.15, 0.2) is 5.78 Å². The van der Waals surface area contributed by atoms with Crippen LogP contribution in [0.5, 0.6) is 0 Å². The molecule has 2 nitrogen and oxygen atoms in total. The summed E-state index contributed by atoms with van der Waals surface area (Å²) >= 11 is 0. The number of ketones is 1. The second kappa shape index (κ2) is 6.74. The third-order valence-corrected chi connectivity index (χ3v) is 5.48. The molecule has 0 aromatic heterocycles. The van der Waals surface area contributed by atoms with Crippen LogP contribution in [0.25, 0.3) is 0 Å². The number of piperidine rings is 1. The van der Waals surface area contributed by atoms with Gasteiger partial charge in [0.25, 0.3) is 0 Å². The number of Topliss-reactive ketones (excluding diaryl/α,β-unsaturated/α-hetero) is 1. The number of benzene rings is 1. The van der Waals surface area contributed by atoms with Gasteiger partial charge in [0, 0.05) is 25.1 Å². The molecule has 1 heterocycles. The fourth-order valence-corrected chi connectivity index (χ4v) is 4.16. The Morgan fingerprint density at radius 1 is 1.14 bits per heavy atom. The topological polar surface area (TPSA) is 20.3 Å². The maximum absolute atomic E-state index is 12.4. The van der Waals surface area contributed by atoms with Gasteiger partial charge in [-0.2, -0.15) is 0 Å². The predicted octanol–water partition coefficient (Wildman–Crippen LogP) is 4.08. The van der Waals surface area contributed by atoms with Gasteiger partial charge in [-0.25, -0.2) is 0 Å². The van der Waals surface area contributed by atoms with Crippen molar-refractivity contribution in [1.82, 2.24) is 4.90 Å². The molecular formula is C19H27NO. The number of carbonyl (C=O) groups is 1. The van der Waals surface area contributed by atoms with E-state index >= 15 is 0 Å². The van der Waals surface area contributed by atoms with Crippen LogP contribution in [-0.2, 0) is 0 Å². The molecule has 0 N–H and O–H groups in total. The van der Waals surface area contributed by atoms with Crippen LogP contribution in [0.1, 0.15) is 54.4 Å². The molecular weight excluding hydrogens is 258 g/mol. The van der Waals surface area contributed by atoms with Crippen LogP contribution in [0.3, 0.4) is 0 Å². The van der Waals surface area contributed by atoms with E-state index < -0.39 is 0 Å². The molecule has 1 aliphatic heterocycles. The van der Waals surface area contributed by atoms with Crippen LogP contribution in [-0.4, -0.2) is 30.3 Å². The van der Waals surface area contributed by atoms with E-state index in [1.165, 1.54) is 45.2 Å². The molecule has 1 saturated carbocycles. The van der Waals surface area contributed by atoms with Gasteiger partial charge in [-0.05, 0) is 43.7 Å². The fraction of sp³-hybridized carbons (Fsp3) is 0.632. The monoisotopic (exact) mass is 285 g/mol. The second-order valence-corrected chi connectivity index (χ2v) is 6.88. The van der Waals surface area contributed by atoms with Gasteiger partial charge in [-0.15, -0.1) is 0 Å². The number of hydrogen-bond acceptors (Lipinski definition) is 2. The summed E-state index contributed by atoms with van der Waals surface area (Å²) < 4.78 is 0. The van der Waals surface area contributed by atoms with Crippen molar-refractivity contribution >= 4 is 5.78 Å². The summed E-state index contributed by atoms with van der Waals surface area (Å²) in [5, 5.41) is 0. The summed E-state index contributed by atoms with van der Waals surface area (Å²) in [6, 6.07) is 7.96. The summed E-state index contributed by atoms with van der Waals surface area (Å²) in [6.07, 6.45) is 7.73. The number of likely N-dealkylation sites (tertiary alicyclic amines) is 1. The third kappa shape index (κ3) is 3.55. The SMILES string of the molecule is Cc1ccccc1C(=O)CCN1CCC2CCCCC2C1. The van der Waals surface area contributed by atoms with Crippen molar-refractivity contribution in [2.24, 2.45) is 11.8 Å². The Hall–Kier alpha value is -1.15. The zero-order chi connectivity index (χ0) is 14.7. The van der Waals surface area contributed by atoms with Gasteiger partial charge in [-0.3, -0.25) is 4.79 Å². The van der Waals surface area contributed by atoms with E-state index in [1.807, 2.05) is 31.2 Å². The van der Waals surface area contributed by atoms with Gasteiger partial charge in [0.1, 0.15) is 0 Å². The van der Waals surface area contributed by atoms with Crippen LogP contribution >= 0.6 is 0 Å². The third-order valence-electron chi connectivity index (χ3n) is 5.48. The highest BCUT2D eigenvalue weighted by molar-refractivity contribution is 5.97. The summed E-state index contributed by atoms with van der Waals surface area (Å²) in [5.41, 5.74) is 2.01. The Bertz CT molecular complexity index is 496. The van der Waals surface area contributed by atoms with E-state index in [2.05, 4.69) is 4.90 Å². The highest BCUT2D eigenvalue weighted by Crippen LogP contribution is 2.36. The van der Waals surface area contributed by atoms with Gasteiger partial charge >= 0.3 is 0 Å². The van der Waals surface area contributed by atoms with Gasteiger partial charge in [0.2, 0.25) is 0 Å². The first kappa shape index (κ1) is 14.8. The molecule has 2 atom stereocenters. The Kier molecular flexibility index (Phi) is 4.74. The summed E-state index contributed by atoms with van der Waals surface area (Å²) in [5.74, 6) is 2.18. The van der Waals surface area contributed by atoms with Gasteiger partial charge in [-0.1, -0.05) is 43.5 Å². The lowest BCUT2D eigenvalue weighted by atomic mass is 9.75. The summed E-state index contributed by atoms with van der Waals surface area (Å²) in [4.78, 5) is 14.9. The molecule has 1 aromatic rings. The van der Waals surface area contributed by atoms with Crippen LogP contribution in [0.4, 0.5) is 0 Å². The lowest BCUT2D eigenvalue weighted by molar-refractivity contribution is 0.0787. The zero-order valence-electron chi connectivity index (χ0n) is 13.2. The van der Waals surface area contributed by atoms with Gasteiger partial charge < -0.3 is 4.90 Å². The van der Waals surface area contributed by atoms with Gasteiger partial charge in [0.05, 0.1) is 0 Å². The van der Waals surface area contributed by atoms with Crippen molar-refractivity contribution in [1.29, 1.82) is 0 Å². The van der Waals surface area contributed by atoms with Crippen molar-refractivity contribution in [2.45, 2.75) is 45.4 Å². The molecule has 21 heavy (non-hydrogen) atoms. The lowest BCUT2D eigenvalue weighted by Gasteiger charge is -2.41. The van der Waals surface area contributed by atoms with Crippen molar-refractivity contribution in [3.63, 3.8) is 0 Å². The Morgan fingerprint density at radius 3 is 2.71 bits per heavy atom. The maximum atomic E-state index is 12.4. The minimum absolute atomic E-state index is 0.305. The molecule has 2 heteroatoms. The average molecular weight is 285 g/mol. The molecule has 0 amide bonds. The fourth-order valence-electron chi connectivity index (χ4n) is 4.16. The smallest absolute Gasteiger partial charge is 0.164 e. The molecule has 2 fully saturated rings. The van der Waals surface area contributed by atoms with Crippen molar-refractivity contribution < 1.29 is 4.79 Å². The number of hydrogen-bond donors (Lipinski definition) is 0. The largest absolute Gasteiger partial charge is 0.303 e. The molecule has 2 unspecified atom stereocenters. The number of carbonyl (C=O) groups excluding carboxylic acids is 1. The standard InChI is InChI=1S/C19H27NO/c1-15-6-2-5-9-18(15)19(21)11-13-20-12-10-16-7-3-4-8-17(16)14-20/h2,5-6,9,16-17H,3-4,7-8,10-14H2,1H3. The normalized spacial score (nSPS) is 26.3. The van der Waals surface area contributed by atoms with E-state index in [4.69, 9.17) is 0 Å². The maximum Gasteiger partial charge on any atom is 0.164 e. The zero-order valence-corrected chi connectivity index (χ0v) is 13.2. The molecule has 1 saturated heterocycles. The van der Waals surface area contributed by atoms with Crippen LogP contribution in [0.2, 0.25) is 0 Å². The Balaban J connectivity index is 1.51. The molecule has 0 radical (unpaired) electrons. The van der Waals surface area contributed by atoms with E-state index in [1.54, 1.807) is 0 Å². The van der Waals surface area contributed by atoms with E-state index in [9.17, 15) is 4.79 Å². The van der Waals surface area contributed by atoms with Crippen molar-refractivity contribution in [2.75, 3.05) is 19.6 Å². The molecule has 114 valence electrons. The van der Waals surface area contributed by atoms with Crippen LogP contribution < -0.4 is 0 Å². The van der Waals surface area contributed by atoms with E-state index in [0.717, 1.165) is 29.5 Å². The Morgan fingerprint density at radius 2 is 1.90 bits per heavy atom. The second-order valence-electron chi connectivity index (χ2n) is 6.88. The summed E-state index contributed by atoms with van der Waals surface area (Å²) in [6.45, 7) is 5.39. The first-order valence-electron chi connectivity index (χ1n) is 8.55. The number of fused-ring (bicyclic) bond motifs is 1. The summed E-state index contributed by atoms with van der Waals surface area (Å²) in [7, 11) is 0. The first-order chi connectivity index (χ1) is 10.2. The van der Waals surface area contributed by atoms with E-state index in [-0.39, 0.29) is 0 Å². The molecule has 2 aliphatic rings. The predicted molar refractivity (Wildman–Crippen MR) is 86.6 cm³/mol. The van der Waals surface area contributed by atoms with Crippen LogP contribution in [0.15, 0.2) is 24.3 Å². The average Bonchev–Trinajstić information content (AvgIpc) is 2.53. The number of aryl methyl sites for hydroxylation is 1. The number of rotatable bonds is 4. The number of nitrogens with zero attached hydrogens (tertiary/aromatic N) is 1. The minimum atomic E-state index is 0.305.